The van der Waals surface area contributed by atoms with Crippen molar-refractivity contribution < 1.29 is 0 Å². The van der Waals surface area contributed by atoms with Gasteiger partial charge in [-0.05, 0) is 29.9 Å². The fraction of sp³-hybridized carbons (Fsp3) is 0.538. The number of hydrogen-bond donors (Lipinski definition) is 0. The first kappa shape index (κ1) is 10.3. The predicted octanol–water partition coefficient (Wildman–Crippen LogP) is 4.15. The largest absolute Gasteiger partial charge is 0.0654 e. The molecular weight excluding hydrogens is 156 g/mol. The van der Waals surface area contributed by atoms with Gasteiger partial charge >= 0.3 is 0 Å². The van der Waals surface area contributed by atoms with Gasteiger partial charge in [-0.1, -0.05) is 51.5 Å². The summed E-state index contributed by atoms with van der Waals surface area (Å²) in [4.78, 5) is 0. The van der Waals surface area contributed by atoms with E-state index >= 15 is 0 Å². The van der Waals surface area contributed by atoms with Crippen LogP contribution in [0.2, 0.25) is 0 Å². The van der Waals surface area contributed by atoms with Gasteiger partial charge in [-0.2, -0.15) is 0 Å². The van der Waals surface area contributed by atoms with Gasteiger partial charge in [0.2, 0.25) is 0 Å². The smallest absolute Gasteiger partial charge is 0.0190 e. The minimum absolute atomic E-state index is 0.718. The van der Waals surface area contributed by atoms with Crippen molar-refractivity contribution in [2.45, 2.75) is 46.0 Å². The number of benzene rings is 1. The third-order valence-electron chi connectivity index (χ3n) is 2.68. The molecule has 72 valence electrons. The molecule has 0 aliphatic carbocycles. The van der Waals surface area contributed by atoms with Crippen molar-refractivity contribution in [1.29, 1.82) is 0 Å². The first-order chi connectivity index (χ1) is 6.27. The third kappa shape index (κ3) is 2.87. The summed E-state index contributed by atoms with van der Waals surface area (Å²) in [5.74, 6) is 0.718. The second kappa shape index (κ2) is 5.06. The van der Waals surface area contributed by atoms with Gasteiger partial charge in [-0.25, -0.2) is 0 Å². The molecule has 0 bridgehead atoms. The van der Waals surface area contributed by atoms with Gasteiger partial charge in [0.25, 0.3) is 0 Å². The van der Waals surface area contributed by atoms with Gasteiger partial charge in [0, 0.05) is 0 Å². The molecule has 0 radical (unpaired) electrons. The highest BCUT2D eigenvalue weighted by Crippen LogP contribution is 2.20. The van der Waals surface area contributed by atoms with Crippen molar-refractivity contribution in [2.24, 2.45) is 0 Å². The van der Waals surface area contributed by atoms with E-state index in [4.69, 9.17) is 0 Å². The lowest BCUT2D eigenvalue weighted by atomic mass is 9.95. The highest BCUT2D eigenvalue weighted by Gasteiger charge is 2.02. The Labute approximate surface area is 82.0 Å². The molecule has 0 aliphatic rings. The molecule has 0 aromatic heterocycles. The van der Waals surface area contributed by atoms with E-state index in [9.17, 15) is 0 Å². The Morgan fingerprint density at radius 3 is 2.15 bits per heavy atom. The average Bonchev–Trinajstić information content (AvgIpc) is 2.18. The van der Waals surface area contributed by atoms with Crippen LogP contribution in [-0.2, 0) is 6.42 Å². The molecule has 1 aromatic carbocycles. The van der Waals surface area contributed by atoms with Gasteiger partial charge in [0.1, 0.15) is 0 Å². The van der Waals surface area contributed by atoms with Gasteiger partial charge in [0.15, 0.2) is 0 Å². The van der Waals surface area contributed by atoms with Crippen LogP contribution in [0, 0.1) is 0 Å². The van der Waals surface area contributed by atoms with E-state index < -0.39 is 0 Å². The van der Waals surface area contributed by atoms with E-state index in [1.165, 1.54) is 24.0 Å². The zero-order valence-electron chi connectivity index (χ0n) is 9.01. The minimum atomic E-state index is 0.718. The Balaban J connectivity index is 2.67. The molecule has 1 rings (SSSR count). The minimum Gasteiger partial charge on any atom is -0.0654 e. The fourth-order valence-corrected chi connectivity index (χ4v) is 1.68. The Morgan fingerprint density at radius 1 is 1.08 bits per heavy atom. The molecule has 0 nitrogen and oxygen atoms in total. The van der Waals surface area contributed by atoms with Crippen molar-refractivity contribution >= 4 is 0 Å². The van der Waals surface area contributed by atoms with Crippen LogP contribution in [0.25, 0.3) is 0 Å². The second-order valence-corrected chi connectivity index (χ2v) is 3.78. The van der Waals surface area contributed by atoms with Crippen molar-refractivity contribution in [3.63, 3.8) is 0 Å². The van der Waals surface area contributed by atoms with Crippen LogP contribution >= 0.6 is 0 Å². The standard InChI is InChI=1S/C13H20/c1-4-6-11(3)13-9-7-12(5-2)8-10-13/h7-11H,4-6H2,1-3H3. The van der Waals surface area contributed by atoms with E-state index in [2.05, 4.69) is 45.0 Å². The summed E-state index contributed by atoms with van der Waals surface area (Å²) in [6.45, 7) is 6.76. The van der Waals surface area contributed by atoms with Crippen molar-refractivity contribution in [3.8, 4) is 0 Å². The number of rotatable bonds is 4. The van der Waals surface area contributed by atoms with Gasteiger partial charge in [0.05, 0.1) is 0 Å². The molecule has 1 atom stereocenters. The van der Waals surface area contributed by atoms with E-state index in [1.54, 1.807) is 0 Å². The van der Waals surface area contributed by atoms with Crippen molar-refractivity contribution in [1.82, 2.24) is 0 Å². The summed E-state index contributed by atoms with van der Waals surface area (Å²) >= 11 is 0. The number of hydrogen-bond acceptors (Lipinski definition) is 0. The van der Waals surface area contributed by atoms with E-state index in [1.807, 2.05) is 0 Å². The maximum Gasteiger partial charge on any atom is -0.0190 e. The first-order valence-corrected chi connectivity index (χ1v) is 5.36. The maximum absolute atomic E-state index is 2.31. The normalized spacial score (nSPS) is 12.8. The van der Waals surface area contributed by atoms with Crippen molar-refractivity contribution in [2.75, 3.05) is 0 Å². The number of aryl methyl sites for hydroxylation is 1. The van der Waals surface area contributed by atoms with Gasteiger partial charge in [-0.15, -0.1) is 0 Å². The maximum atomic E-state index is 2.31. The Kier molecular flexibility index (Phi) is 4.01. The fourth-order valence-electron chi connectivity index (χ4n) is 1.68. The molecule has 0 aliphatic heterocycles. The van der Waals surface area contributed by atoms with Crippen LogP contribution in [0.3, 0.4) is 0 Å². The predicted molar refractivity (Wildman–Crippen MR) is 59.1 cm³/mol. The van der Waals surface area contributed by atoms with E-state index in [0.717, 1.165) is 12.3 Å². The molecule has 0 saturated carbocycles. The second-order valence-electron chi connectivity index (χ2n) is 3.78. The Morgan fingerprint density at radius 2 is 1.69 bits per heavy atom. The van der Waals surface area contributed by atoms with Gasteiger partial charge < -0.3 is 0 Å². The molecule has 0 spiro atoms. The topological polar surface area (TPSA) is 0 Å². The van der Waals surface area contributed by atoms with Gasteiger partial charge in [-0.3, -0.25) is 0 Å². The first-order valence-electron chi connectivity index (χ1n) is 5.36. The summed E-state index contributed by atoms with van der Waals surface area (Å²) < 4.78 is 0. The van der Waals surface area contributed by atoms with Crippen LogP contribution in [0.5, 0.6) is 0 Å². The zero-order chi connectivity index (χ0) is 9.68. The Hall–Kier alpha value is -0.780. The highest BCUT2D eigenvalue weighted by molar-refractivity contribution is 5.24. The summed E-state index contributed by atoms with van der Waals surface area (Å²) in [6.07, 6.45) is 3.71. The SMILES string of the molecule is CCCC(C)c1ccc(CC)cc1. The monoisotopic (exact) mass is 176 g/mol. The molecule has 0 heterocycles. The van der Waals surface area contributed by atoms with Crippen LogP contribution in [0.4, 0.5) is 0 Å². The summed E-state index contributed by atoms with van der Waals surface area (Å²) in [7, 11) is 0. The molecular formula is C13H20. The molecule has 0 saturated heterocycles. The molecule has 0 heteroatoms. The van der Waals surface area contributed by atoms with E-state index in [0.29, 0.717) is 0 Å². The van der Waals surface area contributed by atoms with Crippen LogP contribution in [-0.4, -0.2) is 0 Å². The third-order valence-corrected chi connectivity index (χ3v) is 2.68. The van der Waals surface area contributed by atoms with E-state index in [-0.39, 0.29) is 0 Å². The summed E-state index contributed by atoms with van der Waals surface area (Å²) in [6, 6.07) is 9.06. The quantitative estimate of drug-likeness (QED) is 0.646. The molecule has 1 unspecified atom stereocenters. The molecule has 1 aromatic rings. The van der Waals surface area contributed by atoms with Crippen LogP contribution in [0.15, 0.2) is 24.3 Å². The summed E-state index contributed by atoms with van der Waals surface area (Å²) in [5.41, 5.74) is 2.92. The molecule has 0 fully saturated rings. The highest BCUT2D eigenvalue weighted by atomic mass is 14.1. The zero-order valence-corrected chi connectivity index (χ0v) is 9.01. The Bertz CT molecular complexity index is 233. The van der Waals surface area contributed by atoms with Crippen LogP contribution < -0.4 is 0 Å². The van der Waals surface area contributed by atoms with Crippen LogP contribution in [0.1, 0.15) is 50.7 Å². The molecule has 0 amide bonds. The summed E-state index contributed by atoms with van der Waals surface area (Å²) in [5, 5.41) is 0. The molecule has 13 heavy (non-hydrogen) atoms. The molecule has 0 N–H and O–H groups in total. The lowest BCUT2D eigenvalue weighted by molar-refractivity contribution is 0.664. The van der Waals surface area contributed by atoms with Crippen molar-refractivity contribution in [3.05, 3.63) is 35.4 Å². The average molecular weight is 176 g/mol. The lowest BCUT2D eigenvalue weighted by Gasteiger charge is -2.10. The lowest BCUT2D eigenvalue weighted by Crippen LogP contribution is -1.92.